The largest absolute Gasteiger partial charge is 0.478 e. The van der Waals surface area contributed by atoms with Crippen molar-refractivity contribution in [2.24, 2.45) is 0 Å². The van der Waals surface area contributed by atoms with Gasteiger partial charge in [0.2, 0.25) is 0 Å². The van der Waals surface area contributed by atoms with E-state index in [0.29, 0.717) is 6.42 Å². The molecule has 92 valence electrons. The minimum atomic E-state index is -0.900. The number of rotatable bonds is 6. The molecule has 0 radical (unpaired) electrons. The molecule has 0 fully saturated rings. The van der Waals surface area contributed by atoms with E-state index in [9.17, 15) is 9.59 Å². The molecule has 0 saturated carbocycles. The first kappa shape index (κ1) is 16.8. The standard InChI is InChI=1S/C7H12O2.C5H8O2/c1-2-3-4-5-6-7(8)9;1-3-4(2)5(6)7/h5-6H,2-4H2,1H3,(H,8,9);2-3H2,1H3,(H,6,7). The monoisotopic (exact) mass is 228 g/mol. The smallest absolute Gasteiger partial charge is 0.330 e. The first-order chi connectivity index (χ1) is 7.45. The van der Waals surface area contributed by atoms with Gasteiger partial charge < -0.3 is 10.2 Å². The van der Waals surface area contributed by atoms with E-state index in [1.807, 2.05) is 0 Å². The fourth-order valence-corrected chi connectivity index (χ4v) is 0.657. The van der Waals surface area contributed by atoms with Crippen molar-refractivity contribution in [2.75, 3.05) is 0 Å². The van der Waals surface area contributed by atoms with Crippen molar-refractivity contribution in [2.45, 2.75) is 39.5 Å². The van der Waals surface area contributed by atoms with Gasteiger partial charge in [0.05, 0.1) is 0 Å². The molecule has 0 aromatic rings. The minimum absolute atomic E-state index is 0.264. The van der Waals surface area contributed by atoms with Gasteiger partial charge in [-0.1, -0.05) is 39.3 Å². The zero-order valence-electron chi connectivity index (χ0n) is 9.90. The number of unbranched alkanes of at least 4 members (excludes halogenated alkanes) is 2. The van der Waals surface area contributed by atoms with Gasteiger partial charge in [-0.05, 0) is 12.8 Å². The maximum Gasteiger partial charge on any atom is 0.330 e. The van der Waals surface area contributed by atoms with Gasteiger partial charge in [0.25, 0.3) is 0 Å². The average molecular weight is 228 g/mol. The van der Waals surface area contributed by atoms with E-state index in [1.54, 1.807) is 13.0 Å². The van der Waals surface area contributed by atoms with Crippen molar-refractivity contribution in [1.82, 2.24) is 0 Å². The van der Waals surface area contributed by atoms with Crippen LogP contribution in [0.2, 0.25) is 0 Å². The Balaban J connectivity index is 0. The van der Waals surface area contributed by atoms with Gasteiger partial charge in [-0.25, -0.2) is 9.59 Å². The summed E-state index contributed by atoms with van der Waals surface area (Å²) >= 11 is 0. The summed E-state index contributed by atoms with van der Waals surface area (Å²) in [7, 11) is 0. The lowest BCUT2D eigenvalue weighted by Gasteiger charge is -1.87. The first-order valence-corrected chi connectivity index (χ1v) is 5.26. The number of hydrogen-bond acceptors (Lipinski definition) is 2. The van der Waals surface area contributed by atoms with Crippen LogP contribution in [-0.4, -0.2) is 22.2 Å². The van der Waals surface area contributed by atoms with Gasteiger partial charge in [0.1, 0.15) is 0 Å². The lowest BCUT2D eigenvalue weighted by atomic mass is 10.2. The van der Waals surface area contributed by atoms with Crippen LogP contribution in [0.5, 0.6) is 0 Å². The van der Waals surface area contributed by atoms with Crippen molar-refractivity contribution in [3.05, 3.63) is 24.3 Å². The van der Waals surface area contributed by atoms with Crippen LogP contribution in [0.1, 0.15) is 39.5 Å². The number of hydrogen-bond donors (Lipinski definition) is 2. The third-order valence-corrected chi connectivity index (χ3v) is 1.71. The Hall–Kier alpha value is -1.58. The SMILES string of the molecule is C=C(CC)C(=O)O.CCCCC=CC(=O)O. The molecule has 0 bridgehead atoms. The molecule has 0 amide bonds. The summed E-state index contributed by atoms with van der Waals surface area (Å²) in [6.07, 6.45) is 6.47. The second kappa shape index (κ2) is 11.5. The van der Waals surface area contributed by atoms with E-state index in [-0.39, 0.29) is 5.57 Å². The van der Waals surface area contributed by atoms with E-state index in [2.05, 4.69) is 13.5 Å². The minimum Gasteiger partial charge on any atom is -0.478 e. The highest BCUT2D eigenvalue weighted by atomic mass is 16.4. The van der Waals surface area contributed by atoms with Gasteiger partial charge in [-0.3, -0.25) is 0 Å². The molecule has 0 atom stereocenters. The molecule has 0 aliphatic rings. The normalized spacial score (nSPS) is 9.38. The zero-order chi connectivity index (χ0) is 13.0. The quantitative estimate of drug-likeness (QED) is 0.541. The van der Waals surface area contributed by atoms with Crippen LogP contribution in [-0.2, 0) is 9.59 Å². The predicted octanol–water partition coefficient (Wildman–Crippen LogP) is 2.85. The summed E-state index contributed by atoms with van der Waals surface area (Å²) in [6, 6.07) is 0. The van der Waals surface area contributed by atoms with Crippen LogP contribution in [0.15, 0.2) is 24.3 Å². The number of allylic oxidation sites excluding steroid dienone is 1. The molecule has 0 spiro atoms. The van der Waals surface area contributed by atoms with Crippen molar-refractivity contribution in [1.29, 1.82) is 0 Å². The Morgan fingerprint density at radius 1 is 1.25 bits per heavy atom. The molecule has 4 nitrogen and oxygen atoms in total. The molecule has 0 aliphatic carbocycles. The van der Waals surface area contributed by atoms with Crippen LogP contribution in [0, 0.1) is 0 Å². The van der Waals surface area contributed by atoms with Crippen molar-refractivity contribution < 1.29 is 19.8 Å². The van der Waals surface area contributed by atoms with Crippen LogP contribution < -0.4 is 0 Å². The molecule has 0 aromatic heterocycles. The van der Waals surface area contributed by atoms with Gasteiger partial charge >= 0.3 is 11.9 Å². The molecule has 0 aromatic carbocycles. The summed E-state index contributed by atoms with van der Waals surface area (Å²) in [5.41, 5.74) is 0.264. The molecule has 2 N–H and O–H groups in total. The Labute approximate surface area is 96.3 Å². The lowest BCUT2D eigenvalue weighted by Crippen LogP contribution is -1.95. The summed E-state index contributed by atoms with van der Waals surface area (Å²) in [6.45, 7) is 7.11. The van der Waals surface area contributed by atoms with Gasteiger partial charge in [-0.2, -0.15) is 0 Å². The van der Waals surface area contributed by atoms with E-state index in [0.717, 1.165) is 19.3 Å². The Bertz CT molecular complexity index is 254. The van der Waals surface area contributed by atoms with E-state index >= 15 is 0 Å². The number of carboxylic acid groups (broad SMARTS) is 2. The number of carbonyl (C=O) groups is 2. The molecular weight excluding hydrogens is 208 g/mol. The molecule has 0 rings (SSSR count). The first-order valence-electron chi connectivity index (χ1n) is 5.26. The fourth-order valence-electron chi connectivity index (χ4n) is 0.657. The summed E-state index contributed by atoms with van der Waals surface area (Å²) in [4.78, 5) is 19.7. The van der Waals surface area contributed by atoms with Crippen molar-refractivity contribution in [3.8, 4) is 0 Å². The van der Waals surface area contributed by atoms with Crippen LogP contribution in [0.3, 0.4) is 0 Å². The van der Waals surface area contributed by atoms with E-state index in [4.69, 9.17) is 10.2 Å². The molecule has 0 aliphatic heterocycles. The topological polar surface area (TPSA) is 74.6 Å². The average Bonchev–Trinajstić information content (AvgIpc) is 2.23. The molecule has 0 heterocycles. The molecular formula is C12H20O4. The van der Waals surface area contributed by atoms with Gasteiger partial charge in [0.15, 0.2) is 0 Å². The summed E-state index contributed by atoms with van der Waals surface area (Å²) in [5.74, 6) is -1.76. The predicted molar refractivity (Wildman–Crippen MR) is 63.4 cm³/mol. The molecule has 4 heteroatoms. The van der Waals surface area contributed by atoms with E-state index in [1.165, 1.54) is 6.08 Å². The second-order valence-corrected chi connectivity index (χ2v) is 3.15. The number of aliphatic carboxylic acids is 2. The summed E-state index contributed by atoms with van der Waals surface area (Å²) < 4.78 is 0. The Morgan fingerprint density at radius 3 is 2.06 bits per heavy atom. The third kappa shape index (κ3) is 14.9. The third-order valence-electron chi connectivity index (χ3n) is 1.71. The molecule has 0 saturated heterocycles. The lowest BCUT2D eigenvalue weighted by molar-refractivity contribution is -0.133. The van der Waals surface area contributed by atoms with Crippen molar-refractivity contribution >= 4 is 11.9 Å². The maximum atomic E-state index is 9.88. The highest BCUT2D eigenvalue weighted by Crippen LogP contribution is 1.94. The summed E-state index contributed by atoms with van der Waals surface area (Å²) in [5, 5.41) is 16.2. The van der Waals surface area contributed by atoms with Crippen LogP contribution >= 0.6 is 0 Å². The zero-order valence-corrected chi connectivity index (χ0v) is 9.90. The van der Waals surface area contributed by atoms with Crippen LogP contribution in [0.25, 0.3) is 0 Å². The van der Waals surface area contributed by atoms with Crippen LogP contribution in [0.4, 0.5) is 0 Å². The molecule has 0 unspecified atom stereocenters. The van der Waals surface area contributed by atoms with E-state index < -0.39 is 11.9 Å². The van der Waals surface area contributed by atoms with Crippen molar-refractivity contribution in [3.63, 3.8) is 0 Å². The van der Waals surface area contributed by atoms with Gasteiger partial charge in [-0.15, -0.1) is 0 Å². The Kier molecular flexibility index (Phi) is 12.1. The second-order valence-electron chi connectivity index (χ2n) is 3.15. The number of carboxylic acids is 2. The maximum absolute atomic E-state index is 9.88. The highest BCUT2D eigenvalue weighted by molar-refractivity contribution is 5.85. The Morgan fingerprint density at radius 2 is 1.81 bits per heavy atom. The fraction of sp³-hybridized carbons (Fsp3) is 0.500. The van der Waals surface area contributed by atoms with Gasteiger partial charge in [0, 0.05) is 11.6 Å². The molecule has 16 heavy (non-hydrogen) atoms. The highest BCUT2D eigenvalue weighted by Gasteiger charge is 1.96.